The van der Waals surface area contributed by atoms with Crippen molar-refractivity contribution in [2.75, 3.05) is 38.1 Å². The highest BCUT2D eigenvalue weighted by Crippen LogP contribution is 2.49. The fourth-order valence-corrected chi connectivity index (χ4v) is 5.15. The average Bonchev–Trinajstić information content (AvgIpc) is 2.87. The standard InChI is InChI=1S/C27H38N4O3/c1-8-19-21(9-2)34-24-20(23(19)27(5,6)26(33)28-7)12-13-22(29-24)31-16-14-18(15-17-31)25(32)30(10-3)11-4/h8-9,12-13,18,23H,1-2,10-11,14-17H2,3-7H3,(H,28,33). The first-order valence-corrected chi connectivity index (χ1v) is 12.2. The number of ether oxygens (including phenoxy) is 1. The van der Waals surface area contributed by atoms with Crippen molar-refractivity contribution in [3.8, 4) is 5.88 Å². The lowest BCUT2D eigenvalue weighted by atomic mass is 9.69. The lowest BCUT2D eigenvalue weighted by Gasteiger charge is -2.38. The molecule has 34 heavy (non-hydrogen) atoms. The number of allylic oxidation sites excluding steroid dienone is 3. The molecule has 0 bridgehead atoms. The minimum atomic E-state index is -0.753. The minimum Gasteiger partial charge on any atom is -0.438 e. The molecule has 1 saturated heterocycles. The third-order valence-electron chi connectivity index (χ3n) is 7.17. The Hall–Kier alpha value is -3.09. The molecule has 0 saturated carbocycles. The number of fused-ring (bicyclic) bond motifs is 1. The maximum Gasteiger partial charge on any atom is 0.226 e. The van der Waals surface area contributed by atoms with E-state index in [1.54, 1.807) is 19.2 Å². The molecule has 0 aliphatic carbocycles. The number of piperidine rings is 1. The SMILES string of the molecule is C=CC1=C(C=C)C(C(C)(C)C(=O)NC)c2ccc(N3CCC(C(=O)N(CC)CC)CC3)nc2O1. The van der Waals surface area contributed by atoms with E-state index >= 15 is 0 Å². The number of rotatable bonds is 8. The highest BCUT2D eigenvalue weighted by atomic mass is 16.5. The van der Waals surface area contributed by atoms with Gasteiger partial charge in [-0.2, -0.15) is 4.98 Å². The van der Waals surface area contributed by atoms with Crippen LogP contribution in [0.25, 0.3) is 0 Å². The molecule has 2 aliphatic rings. The van der Waals surface area contributed by atoms with E-state index in [0.29, 0.717) is 11.6 Å². The van der Waals surface area contributed by atoms with Gasteiger partial charge in [-0.3, -0.25) is 9.59 Å². The molecule has 3 rings (SSSR count). The van der Waals surface area contributed by atoms with Crippen LogP contribution in [-0.4, -0.2) is 54.9 Å². The Morgan fingerprint density at radius 2 is 1.85 bits per heavy atom. The normalized spacial score (nSPS) is 18.6. The van der Waals surface area contributed by atoms with Gasteiger partial charge in [-0.15, -0.1) is 0 Å². The molecular formula is C27H38N4O3. The Bertz CT molecular complexity index is 986. The molecule has 3 heterocycles. The van der Waals surface area contributed by atoms with Crippen LogP contribution in [0.3, 0.4) is 0 Å². The maximum absolute atomic E-state index is 12.8. The van der Waals surface area contributed by atoms with E-state index in [0.717, 1.165) is 56.0 Å². The summed E-state index contributed by atoms with van der Waals surface area (Å²) in [4.78, 5) is 34.5. The smallest absolute Gasteiger partial charge is 0.226 e. The first-order valence-electron chi connectivity index (χ1n) is 12.2. The summed E-state index contributed by atoms with van der Waals surface area (Å²) >= 11 is 0. The van der Waals surface area contributed by atoms with E-state index in [-0.39, 0.29) is 23.7 Å². The first-order chi connectivity index (χ1) is 16.2. The fraction of sp³-hybridized carbons (Fsp3) is 0.519. The summed E-state index contributed by atoms with van der Waals surface area (Å²) in [6, 6.07) is 3.99. The van der Waals surface area contributed by atoms with Crippen molar-refractivity contribution >= 4 is 17.6 Å². The van der Waals surface area contributed by atoms with Crippen LogP contribution >= 0.6 is 0 Å². The van der Waals surface area contributed by atoms with Crippen LogP contribution in [0.4, 0.5) is 5.82 Å². The number of carbonyl (C=O) groups is 2. The number of hydrogen-bond acceptors (Lipinski definition) is 5. The molecule has 184 valence electrons. The van der Waals surface area contributed by atoms with Crippen LogP contribution in [0.1, 0.15) is 52.0 Å². The molecular weight excluding hydrogens is 428 g/mol. The van der Waals surface area contributed by atoms with Crippen LogP contribution in [0, 0.1) is 11.3 Å². The van der Waals surface area contributed by atoms with E-state index in [1.807, 2.05) is 44.7 Å². The molecule has 0 aromatic carbocycles. The second-order valence-electron chi connectivity index (χ2n) is 9.40. The van der Waals surface area contributed by atoms with E-state index in [1.165, 1.54) is 0 Å². The van der Waals surface area contributed by atoms with Gasteiger partial charge < -0.3 is 19.9 Å². The number of amides is 2. The molecule has 7 heteroatoms. The van der Waals surface area contributed by atoms with Crippen LogP contribution in [-0.2, 0) is 9.59 Å². The number of nitrogens with one attached hydrogen (secondary N) is 1. The van der Waals surface area contributed by atoms with Crippen molar-refractivity contribution in [1.29, 1.82) is 0 Å². The Labute approximate surface area is 203 Å². The number of nitrogens with zero attached hydrogens (tertiary/aromatic N) is 3. The summed E-state index contributed by atoms with van der Waals surface area (Å²) in [5.41, 5.74) is 0.919. The second-order valence-corrected chi connectivity index (χ2v) is 9.40. The maximum atomic E-state index is 12.8. The number of hydrogen-bond donors (Lipinski definition) is 1. The number of pyridine rings is 1. The zero-order chi connectivity index (χ0) is 25.0. The Morgan fingerprint density at radius 3 is 2.38 bits per heavy atom. The molecule has 2 aliphatic heterocycles. The summed E-state index contributed by atoms with van der Waals surface area (Å²) in [5, 5.41) is 2.78. The van der Waals surface area contributed by atoms with Gasteiger partial charge in [-0.05, 0) is 44.9 Å². The number of aromatic nitrogens is 1. The molecule has 7 nitrogen and oxygen atoms in total. The zero-order valence-electron chi connectivity index (χ0n) is 21.2. The monoisotopic (exact) mass is 466 g/mol. The zero-order valence-corrected chi connectivity index (χ0v) is 21.2. The molecule has 1 unspecified atom stereocenters. The molecule has 1 N–H and O–H groups in total. The van der Waals surface area contributed by atoms with Crippen LogP contribution < -0.4 is 15.0 Å². The summed E-state index contributed by atoms with van der Waals surface area (Å²) < 4.78 is 6.13. The largest absolute Gasteiger partial charge is 0.438 e. The van der Waals surface area contributed by atoms with Crippen molar-refractivity contribution < 1.29 is 14.3 Å². The highest BCUT2D eigenvalue weighted by molar-refractivity contribution is 5.84. The number of carbonyl (C=O) groups excluding carboxylic acids is 2. The average molecular weight is 467 g/mol. The van der Waals surface area contributed by atoms with Gasteiger partial charge in [0.2, 0.25) is 17.7 Å². The van der Waals surface area contributed by atoms with Crippen molar-refractivity contribution in [3.05, 3.63) is 54.3 Å². The highest BCUT2D eigenvalue weighted by Gasteiger charge is 2.44. The molecule has 1 aromatic rings. The van der Waals surface area contributed by atoms with E-state index in [2.05, 4.69) is 23.4 Å². The molecule has 1 fully saturated rings. The summed E-state index contributed by atoms with van der Waals surface area (Å²) in [5.74, 6) is 1.84. The van der Waals surface area contributed by atoms with Gasteiger partial charge in [0.05, 0.1) is 5.41 Å². The lowest BCUT2D eigenvalue weighted by Crippen LogP contribution is -2.43. The van der Waals surface area contributed by atoms with Crippen molar-refractivity contribution in [2.45, 2.75) is 46.5 Å². The van der Waals surface area contributed by atoms with Gasteiger partial charge >= 0.3 is 0 Å². The third kappa shape index (κ3) is 4.61. The number of anilines is 1. The Balaban J connectivity index is 1.88. The van der Waals surface area contributed by atoms with Crippen LogP contribution in [0.2, 0.25) is 0 Å². The first kappa shape index (κ1) is 25.5. The van der Waals surface area contributed by atoms with Gasteiger partial charge in [0, 0.05) is 56.2 Å². The van der Waals surface area contributed by atoms with Crippen molar-refractivity contribution in [1.82, 2.24) is 15.2 Å². The van der Waals surface area contributed by atoms with Crippen LogP contribution in [0.5, 0.6) is 5.88 Å². The molecule has 1 aromatic heterocycles. The third-order valence-corrected chi connectivity index (χ3v) is 7.17. The molecule has 1 atom stereocenters. The topological polar surface area (TPSA) is 74.8 Å². The van der Waals surface area contributed by atoms with E-state index in [9.17, 15) is 9.59 Å². The van der Waals surface area contributed by atoms with Gasteiger partial charge in [0.15, 0.2) is 0 Å². The van der Waals surface area contributed by atoms with Gasteiger partial charge in [0.1, 0.15) is 11.6 Å². The molecule has 2 amide bonds. The summed E-state index contributed by atoms with van der Waals surface area (Å²) in [7, 11) is 1.64. The molecule has 0 radical (unpaired) electrons. The Kier molecular flexibility index (Phi) is 7.85. The summed E-state index contributed by atoms with van der Waals surface area (Å²) in [6.07, 6.45) is 4.99. The van der Waals surface area contributed by atoms with Gasteiger partial charge in [0.25, 0.3) is 0 Å². The predicted molar refractivity (Wildman–Crippen MR) is 136 cm³/mol. The quantitative estimate of drug-likeness (QED) is 0.626. The second kappa shape index (κ2) is 10.5. The van der Waals surface area contributed by atoms with E-state index in [4.69, 9.17) is 9.72 Å². The minimum absolute atomic E-state index is 0.0632. The van der Waals surface area contributed by atoms with Gasteiger partial charge in [-0.25, -0.2) is 0 Å². The Morgan fingerprint density at radius 1 is 1.21 bits per heavy atom. The van der Waals surface area contributed by atoms with Gasteiger partial charge in [-0.1, -0.05) is 33.1 Å². The van der Waals surface area contributed by atoms with Crippen LogP contribution in [0.15, 0.2) is 48.8 Å². The van der Waals surface area contributed by atoms with E-state index < -0.39 is 5.41 Å². The summed E-state index contributed by atoms with van der Waals surface area (Å²) in [6.45, 7) is 18.8. The lowest BCUT2D eigenvalue weighted by molar-refractivity contribution is -0.135. The molecule has 0 spiro atoms. The predicted octanol–water partition coefficient (Wildman–Crippen LogP) is 4.04. The fourth-order valence-electron chi connectivity index (χ4n) is 5.15. The van der Waals surface area contributed by atoms with Crippen molar-refractivity contribution in [3.63, 3.8) is 0 Å². The van der Waals surface area contributed by atoms with Crippen molar-refractivity contribution in [2.24, 2.45) is 11.3 Å².